The van der Waals surface area contributed by atoms with Gasteiger partial charge in [0.2, 0.25) is 0 Å². The summed E-state index contributed by atoms with van der Waals surface area (Å²) in [5.74, 6) is -0.909. The van der Waals surface area contributed by atoms with Gasteiger partial charge in [0.1, 0.15) is 19.8 Å². The van der Waals surface area contributed by atoms with Gasteiger partial charge in [-0.3, -0.25) is 14.2 Å². The number of hydrogen-bond acceptors (Lipinski definition) is 8. The second-order valence-electron chi connectivity index (χ2n) is 20.6. The molecule has 432 valence electrons. The summed E-state index contributed by atoms with van der Waals surface area (Å²) in [6, 6.07) is 0. The predicted octanol–water partition coefficient (Wildman–Crippen LogP) is 18.3. The number of carbonyl (C=O) groups is 2. The van der Waals surface area contributed by atoms with E-state index < -0.39 is 32.5 Å². The lowest BCUT2D eigenvalue weighted by molar-refractivity contribution is -0.870. The molecule has 0 aromatic carbocycles. The van der Waals surface area contributed by atoms with Crippen LogP contribution in [-0.4, -0.2) is 70.0 Å². The zero-order valence-electron chi connectivity index (χ0n) is 48.9. The average molecular weight is 1080 g/mol. The van der Waals surface area contributed by atoms with Gasteiger partial charge in [-0.05, 0) is 103 Å². The molecule has 76 heavy (non-hydrogen) atoms. The SMILES string of the molecule is CC/C=C\C/C=C\C/C=C\C/C=C\C/C=C\C/C=C\C/C=C\CCCC(=O)OC(COC(=O)CCCCCCCCCCCCCCCCCC/C=C\C/C=C\C/C=C\C/C=C\CC)COP(=O)([O-])OCC[N+](C)(C)C. The Hall–Kier alpha value is -3.85. The number of unbranched alkanes of at least 4 members (excludes halogenated alkanes) is 17. The average Bonchev–Trinajstić information content (AvgIpc) is 3.38. The number of rotatable bonds is 53. The van der Waals surface area contributed by atoms with E-state index in [1.165, 1.54) is 83.5 Å². The number of carbonyl (C=O) groups excluding carboxylic acids is 2. The molecule has 0 spiro atoms. The molecule has 0 aliphatic carbocycles. The maximum Gasteiger partial charge on any atom is 0.306 e. The van der Waals surface area contributed by atoms with Crippen molar-refractivity contribution in [3.05, 3.63) is 134 Å². The van der Waals surface area contributed by atoms with Gasteiger partial charge in [-0.2, -0.15) is 0 Å². The molecule has 0 radical (unpaired) electrons. The Morgan fingerprint density at radius 3 is 1.09 bits per heavy atom. The highest BCUT2D eigenvalue weighted by Crippen LogP contribution is 2.38. The number of ether oxygens (including phenoxy) is 2. The number of nitrogens with zero attached hydrogens (tertiary/aromatic N) is 1. The van der Waals surface area contributed by atoms with E-state index in [-0.39, 0.29) is 26.1 Å². The van der Waals surface area contributed by atoms with Crippen molar-refractivity contribution in [2.24, 2.45) is 0 Å². The van der Waals surface area contributed by atoms with Gasteiger partial charge in [0.25, 0.3) is 7.82 Å². The minimum atomic E-state index is -4.66. The quantitative estimate of drug-likeness (QED) is 0.0195. The number of esters is 2. The fraction of sp³-hybridized carbons (Fsp3) is 0.636. The summed E-state index contributed by atoms with van der Waals surface area (Å²) in [6.45, 7) is 3.94. The molecule has 0 aliphatic heterocycles. The Bertz CT molecular complexity index is 1740. The zero-order valence-corrected chi connectivity index (χ0v) is 49.8. The molecule has 0 fully saturated rings. The highest BCUT2D eigenvalue weighted by atomic mass is 31.2. The Labute approximate surface area is 466 Å². The van der Waals surface area contributed by atoms with Crippen molar-refractivity contribution < 1.29 is 42.1 Å². The van der Waals surface area contributed by atoms with Crippen LogP contribution in [0.5, 0.6) is 0 Å². The number of hydrogen-bond donors (Lipinski definition) is 0. The third-order valence-corrected chi connectivity index (χ3v) is 13.1. The highest BCUT2D eigenvalue weighted by molar-refractivity contribution is 7.45. The first-order valence-electron chi connectivity index (χ1n) is 29.9. The van der Waals surface area contributed by atoms with Crippen LogP contribution in [0, 0.1) is 0 Å². The molecule has 0 N–H and O–H groups in total. The Kier molecular flexibility index (Phi) is 53.1. The zero-order chi connectivity index (χ0) is 55.6. The molecule has 2 atom stereocenters. The van der Waals surface area contributed by atoms with Crippen LogP contribution in [0.4, 0.5) is 0 Å². The number of phosphoric ester groups is 1. The minimum Gasteiger partial charge on any atom is -0.756 e. The normalized spacial score (nSPS) is 14.2. The topological polar surface area (TPSA) is 111 Å². The van der Waals surface area contributed by atoms with Crippen LogP contribution in [-0.2, 0) is 32.7 Å². The maximum atomic E-state index is 12.8. The van der Waals surface area contributed by atoms with Crippen molar-refractivity contribution in [2.75, 3.05) is 47.5 Å². The summed E-state index contributed by atoms with van der Waals surface area (Å²) in [5, 5.41) is 0. The maximum absolute atomic E-state index is 12.8. The number of allylic oxidation sites excluding steroid dienone is 22. The molecule has 0 aromatic heterocycles. The molecule has 0 saturated carbocycles. The summed E-state index contributed by atoms with van der Waals surface area (Å²) in [7, 11) is 1.11. The van der Waals surface area contributed by atoms with Crippen molar-refractivity contribution in [3.8, 4) is 0 Å². The molecule has 0 saturated heterocycles. The molecule has 0 aliphatic rings. The van der Waals surface area contributed by atoms with Crippen molar-refractivity contribution in [3.63, 3.8) is 0 Å². The first kappa shape index (κ1) is 72.2. The summed E-state index contributed by atoms with van der Waals surface area (Å²) < 4.78 is 34.1. The van der Waals surface area contributed by atoms with Crippen LogP contribution >= 0.6 is 7.82 Å². The Morgan fingerprint density at radius 2 is 0.724 bits per heavy atom. The van der Waals surface area contributed by atoms with E-state index in [1.807, 2.05) is 27.2 Å². The van der Waals surface area contributed by atoms with Gasteiger partial charge in [-0.1, -0.05) is 237 Å². The lowest BCUT2D eigenvalue weighted by Gasteiger charge is -2.28. The smallest absolute Gasteiger partial charge is 0.306 e. The second-order valence-corrected chi connectivity index (χ2v) is 22.0. The van der Waals surface area contributed by atoms with E-state index in [4.69, 9.17) is 18.5 Å². The van der Waals surface area contributed by atoms with Gasteiger partial charge in [0.05, 0.1) is 27.7 Å². The molecule has 0 aromatic rings. The largest absolute Gasteiger partial charge is 0.756 e. The van der Waals surface area contributed by atoms with Crippen LogP contribution in [0.15, 0.2) is 134 Å². The van der Waals surface area contributed by atoms with Crippen molar-refractivity contribution in [1.82, 2.24) is 0 Å². The van der Waals surface area contributed by atoms with Crippen LogP contribution in [0.25, 0.3) is 0 Å². The first-order valence-corrected chi connectivity index (χ1v) is 31.4. The fourth-order valence-electron chi connectivity index (χ4n) is 7.64. The number of likely N-dealkylation sites (N-methyl/N-ethyl adjacent to an activating group) is 1. The third-order valence-electron chi connectivity index (χ3n) is 12.2. The van der Waals surface area contributed by atoms with Gasteiger partial charge in [-0.15, -0.1) is 0 Å². The Morgan fingerprint density at radius 1 is 0.408 bits per heavy atom. The molecule has 9 nitrogen and oxygen atoms in total. The molecule has 0 rings (SSSR count). The molecule has 0 heterocycles. The predicted molar refractivity (Wildman–Crippen MR) is 323 cm³/mol. The Balaban J connectivity index is 4.23. The standard InChI is InChI=1S/C66H110NO8P/c1-6-8-10-12-14-16-18-20-22-24-26-28-30-31-32-33-34-35-37-38-40-42-44-46-48-50-52-54-56-58-65(68)72-62-64(63-74-76(70,71)73-61-60-67(3,4)5)75-66(69)59-57-55-53-51-49-47-45-43-41-39-36-29-27-25-23-21-19-17-15-13-11-9-7-2/h8-11,14-17,20-23,26-29,39,41,45,47,51,53,64H,6-7,12-13,18-19,24-25,30-38,40,42-44,46,48-50,52,54-63H2,1-5H3/b10-8-,11-9-,16-14-,17-15-,22-20-,23-21-,28-26-,29-27-,41-39-,47-45-,53-51-. The lowest BCUT2D eigenvalue weighted by atomic mass is 10.0. The van der Waals surface area contributed by atoms with Crippen molar-refractivity contribution >= 4 is 19.8 Å². The van der Waals surface area contributed by atoms with Crippen LogP contribution < -0.4 is 4.89 Å². The highest BCUT2D eigenvalue weighted by Gasteiger charge is 2.21. The van der Waals surface area contributed by atoms with E-state index in [0.717, 1.165) is 89.9 Å². The molecule has 10 heteroatoms. The van der Waals surface area contributed by atoms with Crippen LogP contribution in [0.3, 0.4) is 0 Å². The molecular formula is C66H110NO8P. The van der Waals surface area contributed by atoms with E-state index >= 15 is 0 Å². The van der Waals surface area contributed by atoms with Gasteiger partial charge in [0, 0.05) is 12.8 Å². The van der Waals surface area contributed by atoms with Gasteiger partial charge >= 0.3 is 11.9 Å². The second kappa shape index (κ2) is 55.9. The summed E-state index contributed by atoms with van der Waals surface area (Å²) in [5.41, 5.74) is 0. The molecule has 2 unspecified atom stereocenters. The molecule has 0 amide bonds. The van der Waals surface area contributed by atoms with Gasteiger partial charge in [-0.25, -0.2) is 0 Å². The van der Waals surface area contributed by atoms with E-state index in [1.54, 1.807) is 0 Å². The molecular weight excluding hydrogens is 966 g/mol. The van der Waals surface area contributed by atoms with Crippen LogP contribution in [0.1, 0.15) is 219 Å². The van der Waals surface area contributed by atoms with Crippen molar-refractivity contribution in [1.29, 1.82) is 0 Å². The molecule has 0 bridgehead atoms. The van der Waals surface area contributed by atoms with E-state index in [9.17, 15) is 19.0 Å². The van der Waals surface area contributed by atoms with E-state index in [0.29, 0.717) is 30.3 Å². The van der Waals surface area contributed by atoms with E-state index in [2.05, 4.69) is 141 Å². The fourth-order valence-corrected chi connectivity index (χ4v) is 8.36. The van der Waals surface area contributed by atoms with Gasteiger partial charge < -0.3 is 27.9 Å². The van der Waals surface area contributed by atoms with Crippen molar-refractivity contribution in [2.45, 2.75) is 225 Å². The third kappa shape index (κ3) is 59.4. The van der Waals surface area contributed by atoms with Gasteiger partial charge in [0.15, 0.2) is 6.10 Å². The monoisotopic (exact) mass is 1080 g/mol. The minimum absolute atomic E-state index is 0.0484. The number of quaternary nitrogens is 1. The summed E-state index contributed by atoms with van der Waals surface area (Å²) in [4.78, 5) is 37.9. The number of phosphoric acid groups is 1. The summed E-state index contributed by atoms with van der Waals surface area (Å²) >= 11 is 0. The summed E-state index contributed by atoms with van der Waals surface area (Å²) in [6.07, 6.45) is 80.8. The lowest BCUT2D eigenvalue weighted by Crippen LogP contribution is -2.37. The van der Waals surface area contributed by atoms with Crippen LogP contribution in [0.2, 0.25) is 0 Å². The first-order chi connectivity index (χ1) is 37.0.